The molecule has 1 heterocycles. The number of rotatable bonds is 0. The highest BCUT2D eigenvalue weighted by molar-refractivity contribution is 9.10. The third kappa shape index (κ3) is 1.65. The molecule has 1 N–H and O–H groups in total. The molecular weight excluding hydrogens is 237 g/mol. The number of hydrogen-bond donors (Lipinski definition) is 1. The first-order valence-corrected chi connectivity index (χ1v) is 4.58. The van der Waals surface area contributed by atoms with E-state index in [4.69, 9.17) is 0 Å². The molecule has 0 radical (unpaired) electrons. The van der Waals surface area contributed by atoms with Gasteiger partial charge in [0.25, 0.3) is 0 Å². The SMILES string of the molecule is C[C@@H]1NCc2cc(Br)ccc21.Cl. The van der Waals surface area contributed by atoms with Gasteiger partial charge in [-0.1, -0.05) is 22.0 Å². The summed E-state index contributed by atoms with van der Waals surface area (Å²) < 4.78 is 1.17. The Hall–Kier alpha value is -0.0500. The zero-order valence-corrected chi connectivity index (χ0v) is 9.21. The molecule has 66 valence electrons. The van der Waals surface area contributed by atoms with Gasteiger partial charge in [-0.15, -0.1) is 12.4 Å². The van der Waals surface area contributed by atoms with Gasteiger partial charge in [0.1, 0.15) is 0 Å². The molecule has 3 heteroatoms. The van der Waals surface area contributed by atoms with Crippen LogP contribution in [0.2, 0.25) is 0 Å². The van der Waals surface area contributed by atoms with Crippen molar-refractivity contribution in [1.82, 2.24) is 5.32 Å². The molecule has 1 aliphatic rings. The van der Waals surface area contributed by atoms with Gasteiger partial charge in [-0.25, -0.2) is 0 Å². The summed E-state index contributed by atoms with van der Waals surface area (Å²) >= 11 is 3.46. The van der Waals surface area contributed by atoms with Crippen molar-refractivity contribution >= 4 is 28.3 Å². The van der Waals surface area contributed by atoms with E-state index in [2.05, 4.69) is 46.4 Å². The van der Waals surface area contributed by atoms with E-state index in [0.29, 0.717) is 6.04 Å². The summed E-state index contributed by atoms with van der Waals surface area (Å²) in [5, 5.41) is 3.39. The second kappa shape index (κ2) is 3.77. The molecule has 0 unspecified atom stereocenters. The summed E-state index contributed by atoms with van der Waals surface area (Å²) in [4.78, 5) is 0. The first-order chi connectivity index (χ1) is 5.27. The van der Waals surface area contributed by atoms with E-state index in [0.717, 1.165) is 6.54 Å². The second-order valence-corrected chi connectivity index (χ2v) is 3.86. The highest BCUT2D eigenvalue weighted by atomic mass is 79.9. The van der Waals surface area contributed by atoms with Gasteiger partial charge in [-0.05, 0) is 30.2 Å². The van der Waals surface area contributed by atoms with Crippen LogP contribution in [-0.4, -0.2) is 0 Å². The predicted molar refractivity (Wildman–Crippen MR) is 56.6 cm³/mol. The largest absolute Gasteiger partial charge is 0.306 e. The van der Waals surface area contributed by atoms with E-state index in [1.807, 2.05) is 0 Å². The van der Waals surface area contributed by atoms with Crippen molar-refractivity contribution in [2.24, 2.45) is 0 Å². The zero-order valence-electron chi connectivity index (χ0n) is 6.80. The maximum atomic E-state index is 3.46. The quantitative estimate of drug-likeness (QED) is 0.744. The van der Waals surface area contributed by atoms with Crippen LogP contribution in [0.5, 0.6) is 0 Å². The maximum Gasteiger partial charge on any atom is 0.0298 e. The van der Waals surface area contributed by atoms with Gasteiger partial charge >= 0.3 is 0 Å². The lowest BCUT2D eigenvalue weighted by atomic mass is 10.1. The van der Waals surface area contributed by atoms with Crippen molar-refractivity contribution in [2.45, 2.75) is 19.5 Å². The minimum atomic E-state index is 0. The number of benzene rings is 1. The average Bonchev–Trinajstić information content (AvgIpc) is 2.32. The summed E-state index contributed by atoms with van der Waals surface area (Å²) in [5.74, 6) is 0. The Morgan fingerprint density at radius 1 is 1.50 bits per heavy atom. The molecule has 0 aliphatic carbocycles. The summed E-state index contributed by atoms with van der Waals surface area (Å²) in [7, 11) is 0. The molecule has 0 amide bonds. The minimum Gasteiger partial charge on any atom is -0.306 e. The van der Waals surface area contributed by atoms with Crippen LogP contribution in [0.15, 0.2) is 22.7 Å². The summed E-state index contributed by atoms with van der Waals surface area (Å²) in [6.07, 6.45) is 0. The van der Waals surface area contributed by atoms with Crippen LogP contribution in [0.1, 0.15) is 24.1 Å². The second-order valence-electron chi connectivity index (χ2n) is 2.95. The van der Waals surface area contributed by atoms with E-state index in [-0.39, 0.29) is 12.4 Å². The van der Waals surface area contributed by atoms with Crippen LogP contribution in [0, 0.1) is 0 Å². The van der Waals surface area contributed by atoms with Crippen molar-refractivity contribution in [3.05, 3.63) is 33.8 Å². The topological polar surface area (TPSA) is 12.0 Å². The van der Waals surface area contributed by atoms with Crippen molar-refractivity contribution in [1.29, 1.82) is 0 Å². The van der Waals surface area contributed by atoms with Gasteiger partial charge in [0.15, 0.2) is 0 Å². The Morgan fingerprint density at radius 2 is 2.25 bits per heavy atom. The molecule has 1 nitrogen and oxygen atoms in total. The standard InChI is InChI=1S/C9H10BrN.ClH/c1-6-9-3-2-8(10)4-7(9)5-11-6;/h2-4,6,11H,5H2,1H3;1H/t6-;/m0./s1. The van der Waals surface area contributed by atoms with E-state index >= 15 is 0 Å². The van der Waals surface area contributed by atoms with E-state index in [9.17, 15) is 0 Å². The maximum absolute atomic E-state index is 3.46. The highest BCUT2D eigenvalue weighted by Crippen LogP contribution is 2.26. The lowest BCUT2D eigenvalue weighted by Crippen LogP contribution is -2.06. The molecule has 1 aromatic rings. The molecule has 0 bridgehead atoms. The molecule has 0 aromatic heterocycles. The van der Waals surface area contributed by atoms with Gasteiger partial charge in [-0.2, -0.15) is 0 Å². The molecule has 1 aromatic carbocycles. The first kappa shape index (κ1) is 10.0. The van der Waals surface area contributed by atoms with Crippen LogP contribution in [0.3, 0.4) is 0 Å². The molecule has 0 spiro atoms. The third-order valence-corrected chi connectivity index (χ3v) is 2.66. The van der Waals surface area contributed by atoms with Crippen molar-refractivity contribution < 1.29 is 0 Å². The molecule has 1 atom stereocenters. The number of hydrogen-bond acceptors (Lipinski definition) is 1. The van der Waals surface area contributed by atoms with Crippen LogP contribution in [0.4, 0.5) is 0 Å². The van der Waals surface area contributed by atoms with Crippen LogP contribution < -0.4 is 5.32 Å². The Kier molecular flexibility index (Phi) is 3.16. The molecule has 12 heavy (non-hydrogen) atoms. The fourth-order valence-corrected chi connectivity index (χ4v) is 1.93. The third-order valence-electron chi connectivity index (χ3n) is 2.17. The van der Waals surface area contributed by atoms with E-state index in [1.165, 1.54) is 15.6 Å². The highest BCUT2D eigenvalue weighted by Gasteiger charge is 2.16. The smallest absolute Gasteiger partial charge is 0.0298 e. The van der Waals surface area contributed by atoms with Crippen molar-refractivity contribution in [2.75, 3.05) is 0 Å². The van der Waals surface area contributed by atoms with Crippen LogP contribution in [0.25, 0.3) is 0 Å². The Balaban J connectivity index is 0.000000720. The summed E-state index contributed by atoms with van der Waals surface area (Å²) in [6, 6.07) is 7.00. The molecule has 0 saturated heterocycles. The Bertz CT molecular complexity index is 288. The van der Waals surface area contributed by atoms with Gasteiger partial charge in [0.2, 0.25) is 0 Å². The minimum absolute atomic E-state index is 0. The van der Waals surface area contributed by atoms with Gasteiger partial charge in [-0.3, -0.25) is 0 Å². The normalized spacial score (nSPS) is 20.0. The number of halogens is 2. The van der Waals surface area contributed by atoms with Gasteiger partial charge in [0.05, 0.1) is 0 Å². The monoisotopic (exact) mass is 247 g/mol. The molecule has 1 aliphatic heterocycles. The number of fused-ring (bicyclic) bond motifs is 1. The molecular formula is C9H11BrClN. The summed E-state index contributed by atoms with van der Waals surface area (Å²) in [5.41, 5.74) is 2.86. The fraction of sp³-hybridized carbons (Fsp3) is 0.333. The van der Waals surface area contributed by atoms with Crippen molar-refractivity contribution in [3.8, 4) is 0 Å². The predicted octanol–water partition coefficient (Wildman–Crippen LogP) is 3.04. The van der Waals surface area contributed by atoms with Crippen molar-refractivity contribution in [3.63, 3.8) is 0 Å². The molecule has 2 rings (SSSR count). The van der Waals surface area contributed by atoms with Gasteiger partial charge < -0.3 is 5.32 Å². The summed E-state index contributed by atoms with van der Waals surface area (Å²) in [6.45, 7) is 3.20. The Morgan fingerprint density at radius 3 is 3.00 bits per heavy atom. The fourth-order valence-electron chi connectivity index (χ4n) is 1.52. The van der Waals surface area contributed by atoms with E-state index in [1.54, 1.807) is 0 Å². The average molecular weight is 249 g/mol. The Labute approximate surface area is 87.1 Å². The van der Waals surface area contributed by atoms with Crippen LogP contribution >= 0.6 is 28.3 Å². The van der Waals surface area contributed by atoms with Gasteiger partial charge in [0, 0.05) is 17.1 Å². The first-order valence-electron chi connectivity index (χ1n) is 3.79. The lowest BCUT2D eigenvalue weighted by Gasteiger charge is -2.02. The lowest BCUT2D eigenvalue weighted by molar-refractivity contribution is 0.633. The molecule has 0 saturated carbocycles. The zero-order chi connectivity index (χ0) is 7.84. The van der Waals surface area contributed by atoms with E-state index < -0.39 is 0 Å². The van der Waals surface area contributed by atoms with Crippen LogP contribution in [-0.2, 0) is 6.54 Å². The number of nitrogens with one attached hydrogen (secondary N) is 1. The molecule has 0 fully saturated rings.